The van der Waals surface area contributed by atoms with Crippen LogP contribution in [0.25, 0.3) is 0 Å². The predicted octanol–water partition coefficient (Wildman–Crippen LogP) is 0.462. The van der Waals surface area contributed by atoms with Crippen molar-refractivity contribution in [3.63, 3.8) is 0 Å². The van der Waals surface area contributed by atoms with Crippen molar-refractivity contribution in [1.29, 1.82) is 0 Å². The standard InChI is InChI=1S/C10H14N4O/c1-4-6-8-11-9(13-12-8)10(15)14(3)7-5-2/h2H,4,6-7H2,1,3H3,(H,11,12,13). The second-order valence-corrected chi connectivity index (χ2v) is 3.22. The first-order valence-corrected chi connectivity index (χ1v) is 4.79. The quantitative estimate of drug-likeness (QED) is 0.728. The average molecular weight is 206 g/mol. The van der Waals surface area contributed by atoms with Crippen LogP contribution in [-0.4, -0.2) is 39.6 Å². The minimum Gasteiger partial charge on any atom is -0.328 e. The van der Waals surface area contributed by atoms with E-state index in [2.05, 4.69) is 21.1 Å². The van der Waals surface area contributed by atoms with Crippen LogP contribution in [0.3, 0.4) is 0 Å². The molecule has 0 atom stereocenters. The van der Waals surface area contributed by atoms with Crippen molar-refractivity contribution in [2.75, 3.05) is 13.6 Å². The van der Waals surface area contributed by atoms with Crippen LogP contribution in [0.4, 0.5) is 0 Å². The van der Waals surface area contributed by atoms with Crippen molar-refractivity contribution in [3.8, 4) is 12.3 Å². The fraction of sp³-hybridized carbons (Fsp3) is 0.500. The molecule has 0 aromatic carbocycles. The van der Waals surface area contributed by atoms with Crippen molar-refractivity contribution in [2.24, 2.45) is 0 Å². The number of amides is 1. The zero-order valence-electron chi connectivity index (χ0n) is 8.95. The van der Waals surface area contributed by atoms with E-state index in [1.165, 1.54) is 4.90 Å². The number of nitrogens with zero attached hydrogens (tertiary/aromatic N) is 3. The average Bonchev–Trinajstić information content (AvgIpc) is 2.66. The molecule has 0 aliphatic carbocycles. The van der Waals surface area contributed by atoms with E-state index in [1.807, 2.05) is 6.92 Å². The highest BCUT2D eigenvalue weighted by Gasteiger charge is 2.15. The highest BCUT2D eigenvalue weighted by atomic mass is 16.2. The first-order valence-electron chi connectivity index (χ1n) is 4.79. The molecule has 1 aromatic rings. The number of hydrogen-bond donors (Lipinski definition) is 1. The molecular formula is C10H14N4O. The van der Waals surface area contributed by atoms with E-state index in [0.29, 0.717) is 0 Å². The van der Waals surface area contributed by atoms with Gasteiger partial charge < -0.3 is 4.90 Å². The summed E-state index contributed by atoms with van der Waals surface area (Å²) in [5, 5.41) is 6.57. The number of aromatic nitrogens is 3. The molecule has 0 saturated carbocycles. The van der Waals surface area contributed by atoms with Gasteiger partial charge in [-0.05, 0) is 6.42 Å². The summed E-state index contributed by atoms with van der Waals surface area (Å²) in [5.74, 6) is 3.04. The van der Waals surface area contributed by atoms with Gasteiger partial charge in [-0.3, -0.25) is 9.89 Å². The Morgan fingerprint density at radius 3 is 3.00 bits per heavy atom. The zero-order valence-corrected chi connectivity index (χ0v) is 8.95. The Balaban J connectivity index is 2.70. The molecule has 5 heteroatoms. The highest BCUT2D eigenvalue weighted by molar-refractivity contribution is 5.90. The molecule has 0 aliphatic heterocycles. The molecule has 15 heavy (non-hydrogen) atoms. The third kappa shape index (κ3) is 2.81. The van der Waals surface area contributed by atoms with Gasteiger partial charge in [0, 0.05) is 13.5 Å². The second kappa shape index (κ2) is 5.15. The van der Waals surface area contributed by atoms with Gasteiger partial charge in [0.2, 0.25) is 5.82 Å². The molecule has 0 unspecified atom stereocenters. The molecule has 0 bridgehead atoms. The number of nitrogens with one attached hydrogen (secondary N) is 1. The normalized spacial score (nSPS) is 9.67. The number of rotatable bonds is 4. The summed E-state index contributed by atoms with van der Waals surface area (Å²) in [7, 11) is 1.62. The Hall–Kier alpha value is -1.83. The molecule has 0 aliphatic rings. The van der Waals surface area contributed by atoms with Crippen molar-refractivity contribution in [3.05, 3.63) is 11.6 Å². The van der Waals surface area contributed by atoms with Crippen LogP contribution in [0.5, 0.6) is 0 Å². The number of carbonyl (C=O) groups is 1. The number of carbonyl (C=O) groups excluding carboxylic acids is 1. The molecule has 0 fully saturated rings. The topological polar surface area (TPSA) is 61.9 Å². The summed E-state index contributed by atoms with van der Waals surface area (Å²) < 4.78 is 0. The second-order valence-electron chi connectivity index (χ2n) is 3.22. The maximum Gasteiger partial charge on any atom is 0.294 e. The number of hydrogen-bond acceptors (Lipinski definition) is 3. The monoisotopic (exact) mass is 206 g/mol. The fourth-order valence-electron chi connectivity index (χ4n) is 1.12. The van der Waals surface area contributed by atoms with Crippen molar-refractivity contribution in [1.82, 2.24) is 20.1 Å². The Morgan fingerprint density at radius 1 is 1.67 bits per heavy atom. The molecular weight excluding hydrogens is 192 g/mol. The van der Waals surface area contributed by atoms with E-state index in [4.69, 9.17) is 6.42 Å². The zero-order chi connectivity index (χ0) is 11.3. The lowest BCUT2D eigenvalue weighted by Crippen LogP contribution is -2.27. The van der Waals surface area contributed by atoms with E-state index in [0.717, 1.165) is 18.7 Å². The smallest absolute Gasteiger partial charge is 0.294 e. The summed E-state index contributed by atoms with van der Waals surface area (Å²) in [5.41, 5.74) is 0. The molecule has 0 spiro atoms. The van der Waals surface area contributed by atoms with Gasteiger partial charge in [0.25, 0.3) is 5.91 Å². The van der Waals surface area contributed by atoms with E-state index in [-0.39, 0.29) is 18.3 Å². The lowest BCUT2D eigenvalue weighted by atomic mass is 10.3. The van der Waals surface area contributed by atoms with Crippen molar-refractivity contribution < 1.29 is 4.79 Å². The van der Waals surface area contributed by atoms with Crippen LogP contribution in [0.1, 0.15) is 29.8 Å². The number of terminal acetylenes is 1. The Morgan fingerprint density at radius 2 is 2.40 bits per heavy atom. The van der Waals surface area contributed by atoms with Gasteiger partial charge >= 0.3 is 0 Å². The van der Waals surface area contributed by atoms with Crippen molar-refractivity contribution >= 4 is 5.91 Å². The lowest BCUT2D eigenvalue weighted by Gasteiger charge is -2.10. The van der Waals surface area contributed by atoms with E-state index >= 15 is 0 Å². The predicted molar refractivity (Wildman–Crippen MR) is 56.2 cm³/mol. The summed E-state index contributed by atoms with van der Waals surface area (Å²) in [6.45, 7) is 2.30. The van der Waals surface area contributed by atoms with Crippen LogP contribution in [0.15, 0.2) is 0 Å². The molecule has 1 aromatic heterocycles. The van der Waals surface area contributed by atoms with Gasteiger partial charge in [-0.25, -0.2) is 4.98 Å². The van der Waals surface area contributed by atoms with Crippen LogP contribution in [-0.2, 0) is 6.42 Å². The summed E-state index contributed by atoms with van der Waals surface area (Å²) in [6, 6.07) is 0. The van der Waals surface area contributed by atoms with Crippen molar-refractivity contribution in [2.45, 2.75) is 19.8 Å². The van der Waals surface area contributed by atoms with Crippen LogP contribution < -0.4 is 0 Å². The Kier molecular flexibility index (Phi) is 3.86. The van der Waals surface area contributed by atoms with Gasteiger partial charge in [-0.2, -0.15) is 0 Å². The Labute approximate surface area is 88.9 Å². The number of H-pyrrole nitrogens is 1. The SMILES string of the molecule is C#CCN(C)C(=O)c1n[nH]c(CCC)n1. The van der Waals surface area contributed by atoms with Crippen LogP contribution >= 0.6 is 0 Å². The molecule has 1 amide bonds. The van der Waals surface area contributed by atoms with Gasteiger partial charge in [0.05, 0.1) is 6.54 Å². The molecule has 0 saturated heterocycles. The molecule has 0 radical (unpaired) electrons. The fourth-order valence-corrected chi connectivity index (χ4v) is 1.12. The molecule has 80 valence electrons. The number of aromatic amines is 1. The first kappa shape index (κ1) is 11.2. The Bertz CT molecular complexity index is 377. The van der Waals surface area contributed by atoms with E-state index in [1.54, 1.807) is 7.05 Å². The van der Waals surface area contributed by atoms with E-state index in [9.17, 15) is 4.79 Å². The summed E-state index contributed by atoms with van der Waals surface area (Å²) in [4.78, 5) is 17.1. The molecule has 1 heterocycles. The minimum atomic E-state index is -0.258. The van der Waals surface area contributed by atoms with Crippen LogP contribution in [0.2, 0.25) is 0 Å². The minimum absolute atomic E-state index is 0.177. The highest BCUT2D eigenvalue weighted by Crippen LogP contribution is 1.99. The van der Waals surface area contributed by atoms with Gasteiger partial charge in [0.15, 0.2) is 0 Å². The maximum absolute atomic E-state index is 11.6. The lowest BCUT2D eigenvalue weighted by molar-refractivity contribution is 0.0801. The van der Waals surface area contributed by atoms with Gasteiger partial charge in [0.1, 0.15) is 5.82 Å². The summed E-state index contributed by atoms with van der Waals surface area (Å²) in [6.07, 6.45) is 6.86. The molecule has 5 nitrogen and oxygen atoms in total. The third-order valence-electron chi connectivity index (χ3n) is 1.88. The molecule has 1 rings (SSSR count). The van der Waals surface area contributed by atoms with Crippen LogP contribution in [0, 0.1) is 12.3 Å². The van der Waals surface area contributed by atoms with Gasteiger partial charge in [-0.15, -0.1) is 11.5 Å². The first-order chi connectivity index (χ1) is 7.19. The number of aryl methyl sites for hydroxylation is 1. The van der Waals surface area contributed by atoms with Gasteiger partial charge in [-0.1, -0.05) is 12.8 Å². The summed E-state index contributed by atoms with van der Waals surface area (Å²) >= 11 is 0. The third-order valence-corrected chi connectivity index (χ3v) is 1.88. The van der Waals surface area contributed by atoms with E-state index < -0.39 is 0 Å². The largest absolute Gasteiger partial charge is 0.328 e. The maximum atomic E-state index is 11.6. The molecule has 1 N–H and O–H groups in total.